The van der Waals surface area contributed by atoms with Crippen LogP contribution in [0.2, 0.25) is 0 Å². The first-order valence-corrected chi connectivity index (χ1v) is 12.2. The predicted molar refractivity (Wildman–Crippen MR) is 121 cm³/mol. The summed E-state index contributed by atoms with van der Waals surface area (Å²) < 4.78 is 15.5. The molecule has 0 bridgehead atoms. The number of H-pyrrole nitrogens is 1. The fourth-order valence-corrected chi connectivity index (χ4v) is 4.46. The minimum absolute atomic E-state index is 0.282. The Morgan fingerprint density at radius 3 is 2.60 bits per heavy atom. The van der Waals surface area contributed by atoms with Crippen LogP contribution in [0, 0.1) is 6.92 Å². The highest BCUT2D eigenvalue weighted by molar-refractivity contribution is 8.00. The molecule has 0 saturated heterocycles. The van der Waals surface area contributed by atoms with E-state index in [9.17, 15) is 13.8 Å². The zero-order valence-electron chi connectivity index (χ0n) is 17.1. The number of aromatic amines is 1. The van der Waals surface area contributed by atoms with Crippen molar-refractivity contribution in [2.24, 2.45) is 0 Å². The van der Waals surface area contributed by atoms with Crippen molar-refractivity contribution < 1.29 is 9.00 Å². The summed E-state index contributed by atoms with van der Waals surface area (Å²) in [6.07, 6.45) is 5.40. The molecule has 0 unspecified atom stereocenters. The lowest BCUT2D eigenvalue weighted by atomic mass is 10.0. The first-order valence-electron chi connectivity index (χ1n) is 9.63. The minimum atomic E-state index is -2.76. The van der Waals surface area contributed by atoms with Crippen molar-refractivity contribution in [3.05, 3.63) is 75.8 Å². The molecule has 8 heteroatoms. The number of nitrogens with one attached hydrogen (secondary N) is 2. The summed E-state index contributed by atoms with van der Waals surface area (Å²) >= 11 is 0. The highest BCUT2D eigenvalue weighted by atomic mass is 32.3. The molecular formula is C22H24N4O3S. The van der Waals surface area contributed by atoms with Crippen LogP contribution in [0.3, 0.4) is 0 Å². The monoisotopic (exact) mass is 424 g/mol. The molecule has 7 nitrogen and oxygen atoms in total. The van der Waals surface area contributed by atoms with Crippen molar-refractivity contribution in [1.29, 1.82) is 0 Å². The van der Waals surface area contributed by atoms with Gasteiger partial charge in [-0.15, -0.1) is 0 Å². The van der Waals surface area contributed by atoms with Gasteiger partial charge in [0.2, 0.25) is 0 Å². The van der Waals surface area contributed by atoms with E-state index in [4.69, 9.17) is 0 Å². The molecule has 0 saturated carbocycles. The van der Waals surface area contributed by atoms with Crippen molar-refractivity contribution in [2.75, 3.05) is 12.5 Å². The highest BCUT2D eigenvalue weighted by Crippen LogP contribution is 2.25. The Morgan fingerprint density at radius 2 is 1.87 bits per heavy atom. The molecule has 0 spiro atoms. The SMILES string of the molecule is Cc1cccc2[nH]cc(Cc3nn(CC(=O)N[SH](C)(C)=O)c(=O)c4ccccc34)c12. The lowest BCUT2D eigenvalue weighted by molar-refractivity contribution is -0.120. The van der Waals surface area contributed by atoms with Crippen molar-refractivity contribution in [1.82, 2.24) is 19.5 Å². The number of aryl methyl sites for hydroxylation is 1. The number of hydrogen-bond donors (Lipinski definition) is 3. The molecule has 2 N–H and O–H groups in total. The maximum Gasteiger partial charge on any atom is 0.275 e. The molecule has 0 radical (unpaired) electrons. The largest absolute Gasteiger partial charge is 0.361 e. The van der Waals surface area contributed by atoms with Crippen molar-refractivity contribution in [3.63, 3.8) is 0 Å². The molecule has 2 aromatic heterocycles. The third kappa shape index (κ3) is 3.91. The Balaban J connectivity index is 1.81. The lowest BCUT2D eigenvalue weighted by Gasteiger charge is -2.15. The third-order valence-electron chi connectivity index (χ3n) is 4.99. The molecule has 0 atom stereocenters. The first kappa shape index (κ1) is 20.0. The molecule has 4 rings (SSSR count). The summed E-state index contributed by atoms with van der Waals surface area (Å²) in [6, 6.07) is 13.4. The van der Waals surface area contributed by atoms with Gasteiger partial charge >= 0.3 is 0 Å². The molecule has 2 heterocycles. The number of carbonyl (C=O) groups is 1. The van der Waals surface area contributed by atoms with E-state index < -0.39 is 16.0 Å². The van der Waals surface area contributed by atoms with Crippen LogP contribution in [0.15, 0.2) is 53.5 Å². The maximum atomic E-state index is 12.9. The van der Waals surface area contributed by atoms with Crippen LogP contribution in [-0.4, -0.2) is 37.4 Å². The van der Waals surface area contributed by atoms with Gasteiger partial charge < -0.3 is 4.98 Å². The van der Waals surface area contributed by atoms with Crippen LogP contribution >= 0.6 is 0 Å². The summed E-state index contributed by atoms with van der Waals surface area (Å²) in [5.74, 6) is -0.498. The third-order valence-corrected chi connectivity index (χ3v) is 5.77. The second kappa shape index (κ2) is 7.53. The van der Waals surface area contributed by atoms with Gasteiger partial charge in [0, 0.05) is 41.4 Å². The number of hydrogen-bond acceptors (Lipinski definition) is 4. The molecule has 0 fully saturated rings. The standard InChI is InChI=1S/C22H24N4O3S/c1-14-7-6-10-18-21(14)15(12-23-18)11-19-16-8-4-5-9-17(16)22(28)26(24-19)13-20(27)25-30(2,3)29/h4-10,12,23,30H,11,13H2,1-3H3,(H,25,27,29). The Hall–Kier alpha value is -3.26. The average Bonchev–Trinajstić information content (AvgIpc) is 3.08. The molecule has 0 aliphatic rings. The Morgan fingerprint density at radius 1 is 1.13 bits per heavy atom. The number of fused-ring (bicyclic) bond motifs is 2. The number of thiol groups is 1. The topological polar surface area (TPSA) is 96.8 Å². The molecule has 4 aromatic rings. The molecular weight excluding hydrogens is 400 g/mol. The van der Waals surface area contributed by atoms with Gasteiger partial charge in [0.15, 0.2) is 0 Å². The second-order valence-electron chi connectivity index (χ2n) is 7.83. The fourth-order valence-electron chi connectivity index (χ4n) is 3.79. The van der Waals surface area contributed by atoms with E-state index in [1.54, 1.807) is 12.1 Å². The number of rotatable bonds is 5. The van der Waals surface area contributed by atoms with E-state index in [1.165, 1.54) is 12.5 Å². The normalized spacial score (nSPS) is 12.4. The number of nitrogens with zero attached hydrogens (tertiary/aromatic N) is 2. The summed E-state index contributed by atoms with van der Waals surface area (Å²) in [5.41, 5.74) is 3.63. The van der Waals surface area contributed by atoms with Gasteiger partial charge in [0.1, 0.15) is 6.54 Å². The van der Waals surface area contributed by atoms with E-state index in [0.29, 0.717) is 17.5 Å². The summed E-state index contributed by atoms with van der Waals surface area (Å²) in [4.78, 5) is 28.5. The van der Waals surface area contributed by atoms with E-state index in [2.05, 4.69) is 27.8 Å². The summed E-state index contributed by atoms with van der Waals surface area (Å²) in [5, 5.41) is 6.92. The molecule has 1 amide bonds. The fraction of sp³-hybridized carbons (Fsp3) is 0.227. The van der Waals surface area contributed by atoms with Crippen LogP contribution in [0.25, 0.3) is 21.7 Å². The maximum absolute atomic E-state index is 12.9. The van der Waals surface area contributed by atoms with E-state index in [1.807, 2.05) is 30.5 Å². The van der Waals surface area contributed by atoms with E-state index >= 15 is 0 Å². The molecule has 0 aliphatic carbocycles. The van der Waals surface area contributed by atoms with Crippen LogP contribution in [0.4, 0.5) is 0 Å². The Labute approximate surface area is 174 Å². The highest BCUT2D eigenvalue weighted by Gasteiger charge is 2.16. The first-order chi connectivity index (χ1) is 14.2. The molecule has 30 heavy (non-hydrogen) atoms. The lowest BCUT2D eigenvalue weighted by Crippen LogP contribution is -2.39. The van der Waals surface area contributed by atoms with Crippen LogP contribution in [0.1, 0.15) is 16.8 Å². The number of carbonyl (C=O) groups excluding carboxylic acids is 1. The summed E-state index contributed by atoms with van der Waals surface area (Å²) in [7, 11) is -2.76. The van der Waals surface area contributed by atoms with Crippen molar-refractivity contribution >= 4 is 37.7 Å². The van der Waals surface area contributed by atoms with Gasteiger partial charge in [-0.25, -0.2) is 4.68 Å². The Kier molecular flexibility index (Phi) is 5.03. The van der Waals surface area contributed by atoms with Gasteiger partial charge in [-0.05, 0) is 40.3 Å². The van der Waals surface area contributed by atoms with E-state index in [-0.39, 0.29) is 12.1 Å². The van der Waals surface area contributed by atoms with Crippen LogP contribution in [0.5, 0.6) is 0 Å². The predicted octanol–water partition coefficient (Wildman–Crippen LogP) is 2.08. The van der Waals surface area contributed by atoms with Crippen LogP contribution in [-0.2, 0) is 27.9 Å². The summed E-state index contributed by atoms with van der Waals surface area (Å²) in [6.45, 7) is 1.78. The molecule has 0 aliphatic heterocycles. The van der Waals surface area contributed by atoms with Gasteiger partial charge in [-0.1, -0.05) is 30.3 Å². The number of benzene rings is 2. The smallest absolute Gasteiger partial charge is 0.275 e. The van der Waals surface area contributed by atoms with Gasteiger partial charge in [0.25, 0.3) is 11.5 Å². The van der Waals surface area contributed by atoms with E-state index in [0.717, 1.165) is 32.1 Å². The van der Waals surface area contributed by atoms with Crippen LogP contribution < -0.4 is 10.3 Å². The minimum Gasteiger partial charge on any atom is -0.361 e. The van der Waals surface area contributed by atoms with Crippen molar-refractivity contribution in [3.8, 4) is 0 Å². The Bertz CT molecular complexity index is 1380. The molecule has 2 aromatic carbocycles. The second-order valence-corrected chi connectivity index (χ2v) is 10.8. The average molecular weight is 425 g/mol. The molecule has 156 valence electrons. The van der Waals surface area contributed by atoms with Gasteiger partial charge in [-0.3, -0.25) is 18.5 Å². The number of amides is 1. The zero-order chi connectivity index (χ0) is 21.5. The van der Waals surface area contributed by atoms with Gasteiger partial charge in [-0.2, -0.15) is 5.10 Å². The quantitative estimate of drug-likeness (QED) is 0.428. The number of aromatic nitrogens is 3. The van der Waals surface area contributed by atoms with Gasteiger partial charge in [0.05, 0.1) is 11.1 Å². The zero-order valence-corrected chi connectivity index (χ0v) is 18.0. The van der Waals surface area contributed by atoms with Crippen molar-refractivity contribution in [2.45, 2.75) is 19.9 Å².